The van der Waals surface area contributed by atoms with Gasteiger partial charge in [0.05, 0.1) is 10.7 Å². The summed E-state index contributed by atoms with van der Waals surface area (Å²) in [4.78, 5) is 12.6. The molecule has 0 radical (unpaired) electrons. The summed E-state index contributed by atoms with van der Waals surface area (Å²) in [6.07, 6.45) is 1.60. The number of benzene rings is 1. The van der Waals surface area contributed by atoms with Gasteiger partial charge < -0.3 is 4.74 Å². The Bertz CT molecular complexity index is 634. The molecule has 21 heavy (non-hydrogen) atoms. The number of halogens is 2. The highest BCUT2D eigenvalue weighted by Gasteiger charge is 2.09. The Hall–Kier alpha value is -1.18. The number of amides is 1. The minimum Gasteiger partial charge on any atom is -0.482 e. The van der Waals surface area contributed by atoms with Gasteiger partial charge in [0.15, 0.2) is 6.61 Å². The van der Waals surface area contributed by atoms with Gasteiger partial charge in [-0.3, -0.25) is 4.79 Å². The van der Waals surface area contributed by atoms with Crippen LogP contribution in [0.4, 0.5) is 0 Å². The Morgan fingerprint density at radius 1 is 1.48 bits per heavy atom. The number of ether oxygens (including phenoxy) is 1. The van der Waals surface area contributed by atoms with E-state index in [1.807, 2.05) is 36.6 Å². The average molecular weight is 432 g/mol. The molecule has 0 aliphatic heterocycles. The molecule has 0 saturated carbocycles. The molecule has 1 aromatic carbocycles. The lowest BCUT2D eigenvalue weighted by molar-refractivity contribution is -0.123. The number of aryl methyl sites for hydroxylation is 1. The Morgan fingerprint density at radius 2 is 2.29 bits per heavy atom. The second kappa shape index (κ2) is 7.72. The van der Waals surface area contributed by atoms with Crippen LogP contribution in [0.25, 0.3) is 0 Å². The summed E-state index contributed by atoms with van der Waals surface area (Å²) in [5, 5.41) is 5.82. The van der Waals surface area contributed by atoms with Crippen LogP contribution in [0.2, 0.25) is 0 Å². The van der Waals surface area contributed by atoms with Crippen LogP contribution < -0.4 is 10.2 Å². The molecule has 0 saturated heterocycles. The van der Waals surface area contributed by atoms with Gasteiger partial charge in [-0.1, -0.05) is 22.0 Å². The molecule has 0 aliphatic rings. The van der Waals surface area contributed by atoms with E-state index in [9.17, 15) is 4.79 Å². The third-order valence-electron chi connectivity index (χ3n) is 2.47. The molecule has 110 valence electrons. The molecule has 2 aromatic rings. The van der Waals surface area contributed by atoms with Gasteiger partial charge in [0, 0.05) is 9.35 Å². The van der Waals surface area contributed by atoms with Crippen LogP contribution in [0.15, 0.2) is 43.7 Å². The van der Waals surface area contributed by atoms with Crippen molar-refractivity contribution in [3.63, 3.8) is 0 Å². The Morgan fingerprint density at radius 3 is 2.95 bits per heavy atom. The summed E-state index contributed by atoms with van der Waals surface area (Å²) in [6.45, 7) is 1.82. The van der Waals surface area contributed by atoms with Gasteiger partial charge in [0.2, 0.25) is 0 Å². The molecule has 0 bridgehead atoms. The molecule has 1 amide bonds. The van der Waals surface area contributed by atoms with E-state index in [0.29, 0.717) is 5.75 Å². The smallest absolute Gasteiger partial charge is 0.277 e. The monoisotopic (exact) mass is 430 g/mol. The van der Waals surface area contributed by atoms with Crippen molar-refractivity contribution in [2.24, 2.45) is 5.10 Å². The Kier molecular flexibility index (Phi) is 5.96. The summed E-state index contributed by atoms with van der Waals surface area (Å²) >= 11 is 8.36. The van der Waals surface area contributed by atoms with Crippen molar-refractivity contribution >= 4 is 55.3 Å². The summed E-state index contributed by atoms with van der Waals surface area (Å²) in [5.74, 6) is 0.340. The van der Waals surface area contributed by atoms with Crippen molar-refractivity contribution in [2.75, 3.05) is 6.61 Å². The van der Waals surface area contributed by atoms with Gasteiger partial charge in [0.25, 0.3) is 5.91 Å². The quantitative estimate of drug-likeness (QED) is 0.572. The lowest BCUT2D eigenvalue weighted by atomic mass is 10.2. The summed E-state index contributed by atoms with van der Waals surface area (Å²) in [6, 6.07) is 7.63. The lowest BCUT2D eigenvalue weighted by Crippen LogP contribution is -2.24. The number of thiophene rings is 1. The number of nitrogens with one attached hydrogen (secondary N) is 1. The van der Waals surface area contributed by atoms with Crippen LogP contribution in [0.3, 0.4) is 0 Å². The van der Waals surface area contributed by atoms with E-state index in [4.69, 9.17) is 4.74 Å². The van der Waals surface area contributed by atoms with Crippen molar-refractivity contribution in [3.05, 3.63) is 49.0 Å². The largest absolute Gasteiger partial charge is 0.482 e. The second-order valence-electron chi connectivity index (χ2n) is 4.13. The summed E-state index contributed by atoms with van der Waals surface area (Å²) < 4.78 is 7.27. The standard InChI is InChI=1S/C14H12Br2N2O2S/c1-9-5-10(15)6-12(16)14(9)20-8-13(19)18-17-7-11-3-2-4-21-11/h2-7H,8H2,1H3,(H,18,19). The third-order valence-corrected chi connectivity index (χ3v) is 4.32. The fourth-order valence-corrected chi connectivity index (χ4v) is 3.71. The fraction of sp³-hybridized carbons (Fsp3) is 0.143. The van der Waals surface area contributed by atoms with E-state index in [-0.39, 0.29) is 12.5 Å². The van der Waals surface area contributed by atoms with E-state index < -0.39 is 0 Å². The molecule has 1 heterocycles. The summed E-state index contributed by atoms with van der Waals surface area (Å²) in [5.41, 5.74) is 3.37. The first-order valence-corrected chi connectivity index (χ1v) is 8.46. The van der Waals surface area contributed by atoms with Crippen molar-refractivity contribution in [3.8, 4) is 5.75 Å². The molecule has 0 unspecified atom stereocenters. The van der Waals surface area contributed by atoms with E-state index in [2.05, 4.69) is 42.4 Å². The van der Waals surface area contributed by atoms with Crippen LogP contribution in [0, 0.1) is 6.92 Å². The minimum atomic E-state index is -0.308. The van der Waals surface area contributed by atoms with Gasteiger partial charge in [0.1, 0.15) is 5.75 Å². The molecule has 4 nitrogen and oxygen atoms in total. The van der Waals surface area contributed by atoms with Crippen molar-refractivity contribution in [2.45, 2.75) is 6.92 Å². The normalized spacial score (nSPS) is 10.8. The van der Waals surface area contributed by atoms with Crippen LogP contribution in [0.1, 0.15) is 10.4 Å². The zero-order valence-electron chi connectivity index (χ0n) is 11.1. The molecule has 7 heteroatoms. The minimum absolute atomic E-state index is 0.0944. The third kappa shape index (κ3) is 4.94. The molecule has 0 spiro atoms. The first kappa shape index (κ1) is 16.2. The number of hydrogen-bond acceptors (Lipinski definition) is 4. The maximum atomic E-state index is 11.7. The van der Waals surface area contributed by atoms with Crippen LogP contribution >= 0.6 is 43.2 Å². The number of hydrogen-bond donors (Lipinski definition) is 1. The predicted molar refractivity (Wildman–Crippen MR) is 92.1 cm³/mol. The van der Waals surface area contributed by atoms with Crippen molar-refractivity contribution in [1.29, 1.82) is 0 Å². The number of carbonyl (C=O) groups excluding carboxylic acids is 1. The second-order valence-corrected chi connectivity index (χ2v) is 6.88. The first-order chi connectivity index (χ1) is 10.1. The van der Waals surface area contributed by atoms with Crippen molar-refractivity contribution < 1.29 is 9.53 Å². The Labute approximate surface area is 143 Å². The highest BCUT2D eigenvalue weighted by molar-refractivity contribution is 9.11. The molecule has 1 N–H and O–H groups in total. The molecule has 2 rings (SSSR count). The molecule has 0 aliphatic carbocycles. The van der Waals surface area contributed by atoms with E-state index >= 15 is 0 Å². The van der Waals surface area contributed by atoms with E-state index in [1.165, 1.54) is 0 Å². The molecule has 1 aromatic heterocycles. The Balaban J connectivity index is 1.87. The maximum Gasteiger partial charge on any atom is 0.277 e. The zero-order valence-corrected chi connectivity index (χ0v) is 15.1. The zero-order chi connectivity index (χ0) is 15.2. The van der Waals surface area contributed by atoms with Gasteiger partial charge in [-0.15, -0.1) is 11.3 Å². The van der Waals surface area contributed by atoms with Gasteiger partial charge in [-0.2, -0.15) is 5.10 Å². The fourth-order valence-electron chi connectivity index (χ4n) is 1.57. The lowest BCUT2D eigenvalue weighted by Gasteiger charge is -2.10. The van der Waals surface area contributed by atoms with Gasteiger partial charge in [-0.25, -0.2) is 5.43 Å². The molecule has 0 fully saturated rings. The van der Waals surface area contributed by atoms with E-state index in [0.717, 1.165) is 19.4 Å². The SMILES string of the molecule is Cc1cc(Br)cc(Br)c1OCC(=O)NN=Cc1cccs1. The number of hydrazone groups is 1. The molecular weight excluding hydrogens is 420 g/mol. The highest BCUT2D eigenvalue weighted by Crippen LogP contribution is 2.32. The topological polar surface area (TPSA) is 50.7 Å². The van der Waals surface area contributed by atoms with Crippen LogP contribution in [-0.4, -0.2) is 18.7 Å². The van der Waals surface area contributed by atoms with Crippen LogP contribution in [-0.2, 0) is 4.79 Å². The molecular formula is C14H12Br2N2O2S. The first-order valence-electron chi connectivity index (χ1n) is 6.00. The molecule has 0 atom stereocenters. The predicted octanol–water partition coefficient (Wildman–Crippen LogP) is 4.11. The number of nitrogens with zero attached hydrogens (tertiary/aromatic N) is 1. The van der Waals surface area contributed by atoms with Crippen molar-refractivity contribution in [1.82, 2.24) is 5.43 Å². The number of rotatable bonds is 5. The van der Waals surface area contributed by atoms with E-state index in [1.54, 1.807) is 17.6 Å². The highest BCUT2D eigenvalue weighted by atomic mass is 79.9. The summed E-state index contributed by atoms with van der Waals surface area (Å²) in [7, 11) is 0. The number of carbonyl (C=O) groups is 1. The average Bonchev–Trinajstić information content (AvgIpc) is 2.90. The van der Waals surface area contributed by atoms with Gasteiger partial charge in [-0.05, 0) is 52.0 Å². The maximum absolute atomic E-state index is 11.7. The van der Waals surface area contributed by atoms with Crippen LogP contribution in [0.5, 0.6) is 5.75 Å². The van der Waals surface area contributed by atoms with Gasteiger partial charge >= 0.3 is 0 Å².